The first-order valence-electron chi connectivity index (χ1n) is 14.3. The van der Waals surface area contributed by atoms with Crippen molar-refractivity contribution in [1.82, 2.24) is 0 Å². The Labute approximate surface area is 198 Å². The van der Waals surface area contributed by atoms with Gasteiger partial charge in [-0.15, -0.1) is 0 Å². The van der Waals surface area contributed by atoms with E-state index in [0.29, 0.717) is 23.7 Å². The van der Waals surface area contributed by atoms with Crippen LogP contribution in [0.4, 0.5) is 0 Å². The molecule has 3 fully saturated rings. The third-order valence-electron chi connectivity index (χ3n) is 11.6. The Balaban J connectivity index is 1.62. The molecule has 0 aliphatic heterocycles. The quantitative estimate of drug-likeness (QED) is 0.417. The summed E-state index contributed by atoms with van der Waals surface area (Å²) >= 11 is 0. The Hall–Kier alpha value is -0.630. The summed E-state index contributed by atoms with van der Waals surface area (Å²) in [5.41, 5.74) is 1.71. The molecule has 0 saturated heterocycles. The monoisotopic (exact) mass is 442 g/mol. The summed E-state index contributed by atoms with van der Waals surface area (Å²) in [5, 5.41) is 11.3. The average molecular weight is 443 g/mol. The summed E-state index contributed by atoms with van der Waals surface area (Å²) in [6.45, 7) is 12.0. The maximum Gasteiger partial charge on any atom is 0.155 e. The van der Waals surface area contributed by atoms with Gasteiger partial charge in [-0.3, -0.25) is 4.79 Å². The molecule has 0 heterocycles. The van der Waals surface area contributed by atoms with Crippen LogP contribution < -0.4 is 0 Å². The fraction of sp³-hybridized carbons (Fsp3) is 0.900. The molecule has 2 heteroatoms. The molecule has 9 atom stereocenters. The zero-order valence-corrected chi connectivity index (χ0v) is 21.7. The summed E-state index contributed by atoms with van der Waals surface area (Å²) < 4.78 is 0. The maximum atomic E-state index is 12.3. The number of carbonyl (C=O) groups excluding carboxylic acids is 1. The van der Waals surface area contributed by atoms with Crippen molar-refractivity contribution in [3.8, 4) is 0 Å². The summed E-state index contributed by atoms with van der Waals surface area (Å²) in [6, 6.07) is 0. The van der Waals surface area contributed by atoms with Gasteiger partial charge in [0.05, 0.1) is 6.10 Å². The van der Waals surface area contributed by atoms with Crippen LogP contribution in [-0.4, -0.2) is 17.0 Å². The Bertz CT molecular complexity index is 710. The molecule has 32 heavy (non-hydrogen) atoms. The van der Waals surface area contributed by atoms with Crippen molar-refractivity contribution < 1.29 is 9.90 Å². The van der Waals surface area contributed by atoms with Gasteiger partial charge in [-0.1, -0.05) is 53.9 Å². The second-order valence-corrected chi connectivity index (χ2v) is 12.3. The van der Waals surface area contributed by atoms with Crippen LogP contribution in [0.15, 0.2) is 11.6 Å². The number of ketones is 1. The molecule has 1 N–H and O–H groups in total. The zero-order valence-electron chi connectivity index (χ0n) is 21.7. The summed E-state index contributed by atoms with van der Waals surface area (Å²) in [4.78, 5) is 12.3. The molecule has 4 aliphatic rings. The molecule has 0 radical (unpaired) electrons. The van der Waals surface area contributed by atoms with Crippen LogP contribution in [-0.2, 0) is 4.79 Å². The van der Waals surface area contributed by atoms with Crippen LogP contribution in [0.5, 0.6) is 0 Å². The van der Waals surface area contributed by atoms with Gasteiger partial charge in [0, 0.05) is 6.42 Å². The van der Waals surface area contributed by atoms with Crippen molar-refractivity contribution in [3.05, 3.63) is 11.6 Å². The van der Waals surface area contributed by atoms with E-state index in [1.54, 1.807) is 0 Å². The van der Waals surface area contributed by atoms with E-state index in [2.05, 4.69) is 34.6 Å². The van der Waals surface area contributed by atoms with Crippen molar-refractivity contribution >= 4 is 5.78 Å². The first kappa shape index (κ1) is 24.5. The number of fused-ring (bicyclic) bond motifs is 5. The number of aliphatic hydroxyl groups is 1. The molecule has 0 bridgehead atoms. The van der Waals surface area contributed by atoms with E-state index in [-0.39, 0.29) is 17.3 Å². The highest BCUT2D eigenvalue weighted by atomic mass is 16.3. The van der Waals surface area contributed by atoms with Gasteiger partial charge in [-0.05, 0) is 116 Å². The molecular weight excluding hydrogens is 392 g/mol. The molecule has 2 nitrogen and oxygen atoms in total. The van der Waals surface area contributed by atoms with E-state index in [1.807, 2.05) is 6.08 Å². The predicted molar refractivity (Wildman–Crippen MR) is 133 cm³/mol. The van der Waals surface area contributed by atoms with E-state index in [1.165, 1.54) is 57.8 Å². The predicted octanol–water partition coefficient (Wildman–Crippen LogP) is 7.74. The van der Waals surface area contributed by atoms with E-state index < -0.39 is 0 Å². The van der Waals surface area contributed by atoms with Crippen LogP contribution in [0, 0.1) is 46.3 Å². The lowest BCUT2D eigenvalue weighted by atomic mass is 9.44. The van der Waals surface area contributed by atoms with Crippen LogP contribution >= 0.6 is 0 Å². The van der Waals surface area contributed by atoms with Gasteiger partial charge in [0.15, 0.2) is 5.78 Å². The second kappa shape index (κ2) is 9.55. The largest absolute Gasteiger partial charge is 0.389 e. The standard InChI is InChI=1S/C30H50O2/c1-6-20(5)10-11-21(7-2)24-12-13-25-23-19-28(32)27-18-22(31)14-16-30(27,9-4)26(23)15-17-29(24,25)8-3/h18,20-21,23-26,28,32H,6-17,19H2,1-5H3/t20-,21-,23+,24+,25+,26-,28-,29+,30+/m1/s1. The Morgan fingerprint density at radius 1 is 1.00 bits per heavy atom. The average Bonchev–Trinajstić information content (AvgIpc) is 3.20. The molecule has 4 rings (SSSR count). The molecule has 4 aliphatic carbocycles. The third kappa shape index (κ3) is 3.75. The minimum atomic E-state index is -0.389. The fourth-order valence-electron chi connectivity index (χ4n) is 9.69. The highest BCUT2D eigenvalue weighted by Gasteiger charge is 2.62. The SMILES string of the molecule is CC[C@@H](C)CC[C@@H](CC)[C@@H]1CC[C@H]2[C@@H]3C[C@@H](O)C4=CC(=O)CC[C@@]4(CC)[C@@H]3CC[C@@]12CC. The summed E-state index contributed by atoms with van der Waals surface area (Å²) in [6.07, 6.45) is 17.4. The van der Waals surface area contributed by atoms with Crippen molar-refractivity contribution in [3.63, 3.8) is 0 Å². The lowest BCUT2D eigenvalue weighted by molar-refractivity contribution is -0.122. The molecule has 0 unspecified atom stereocenters. The number of aliphatic hydroxyl groups excluding tert-OH is 1. The second-order valence-electron chi connectivity index (χ2n) is 12.3. The first-order valence-corrected chi connectivity index (χ1v) is 14.3. The van der Waals surface area contributed by atoms with E-state index in [0.717, 1.165) is 48.5 Å². The molecule has 0 amide bonds. The van der Waals surface area contributed by atoms with Crippen molar-refractivity contribution in [2.45, 2.75) is 124 Å². The van der Waals surface area contributed by atoms with Gasteiger partial charge in [0.1, 0.15) is 0 Å². The molecule has 0 aromatic heterocycles. The molecule has 0 aromatic rings. The van der Waals surface area contributed by atoms with Gasteiger partial charge >= 0.3 is 0 Å². The first-order chi connectivity index (χ1) is 15.4. The van der Waals surface area contributed by atoms with Crippen LogP contribution in [0.25, 0.3) is 0 Å². The highest BCUT2D eigenvalue weighted by Crippen LogP contribution is 2.69. The van der Waals surface area contributed by atoms with E-state index >= 15 is 0 Å². The highest BCUT2D eigenvalue weighted by molar-refractivity contribution is 5.92. The molecule has 0 spiro atoms. The van der Waals surface area contributed by atoms with Gasteiger partial charge in [0.2, 0.25) is 0 Å². The summed E-state index contributed by atoms with van der Waals surface area (Å²) in [7, 11) is 0. The van der Waals surface area contributed by atoms with Crippen molar-refractivity contribution in [2.75, 3.05) is 0 Å². The Morgan fingerprint density at radius 3 is 2.44 bits per heavy atom. The number of carbonyl (C=O) groups is 1. The lowest BCUT2D eigenvalue weighted by Gasteiger charge is -2.61. The van der Waals surface area contributed by atoms with Gasteiger partial charge < -0.3 is 5.11 Å². The van der Waals surface area contributed by atoms with Crippen LogP contribution in [0.1, 0.15) is 118 Å². The summed E-state index contributed by atoms with van der Waals surface area (Å²) in [5.74, 6) is 4.97. The van der Waals surface area contributed by atoms with Crippen molar-refractivity contribution in [2.24, 2.45) is 46.3 Å². The van der Waals surface area contributed by atoms with Gasteiger partial charge in [-0.2, -0.15) is 0 Å². The van der Waals surface area contributed by atoms with E-state index in [4.69, 9.17) is 0 Å². The lowest BCUT2D eigenvalue weighted by Crippen LogP contribution is -2.55. The Morgan fingerprint density at radius 2 is 1.78 bits per heavy atom. The number of rotatable bonds is 8. The normalized spacial score (nSPS) is 43.1. The van der Waals surface area contributed by atoms with E-state index in [9.17, 15) is 9.90 Å². The smallest absolute Gasteiger partial charge is 0.155 e. The molecule has 0 aromatic carbocycles. The number of hydrogen-bond donors (Lipinski definition) is 1. The molecule has 182 valence electrons. The minimum absolute atomic E-state index is 0.0922. The van der Waals surface area contributed by atoms with Crippen LogP contribution in [0.3, 0.4) is 0 Å². The minimum Gasteiger partial charge on any atom is -0.389 e. The number of hydrogen-bond acceptors (Lipinski definition) is 2. The molecule has 3 saturated carbocycles. The van der Waals surface area contributed by atoms with Gasteiger partial charge in [0.25, 0.3) is 0 Å². The zero-order chi connectivity index (χ0) is 23.1. The Kier molecular flexibility index (Phi) is 7.31. The maximum absolute atomic E-state index is 12.3. The topological polar surface area (TPSA) is 37.3 Å². The third-order valence-corrected chi connectivity index (χ3v) is 11.6. The molecular formula is C30H50O2. The van der Waals surface area contributed by atoms with Gasteiger partial charge in [-0.25, -0.2) is 0 Å². The fourth-order valence-corrected chi connectivity index (χ4v) is 9.69. The van der Waals surface area contributed by atoms with Crippen molar-refractivity contribution in [1.29, 1.82) is 0 Å². The van der Waals surface area contributed by atoms with Crippen LogP contribution in [0.2, 0.25) is 0 Å².